The molecule has 25 heteroatoms. The van der Waals surface area contributed by atoms with Crippen LogP contribution in [0, 0.1) is 36.5 Å². The highest BCUT2D eigenvalue weighted by Crippen LogP contribution is 2.29. The summed E-state index contributed by atoms with van der Waals surface area (Å²) in [5.74, 6) is -12.2. The number of aryl methyl sites for hydroxylation is 1. The zero-order chi connectivity index (χ0) is 89.9. The molecule has 0 spiro atoms. The number of likely N-dealkylation sites (tertiary alicyclic amines) is 1. The summed E-state index contributed by atoms with van der Waals surface area (Å²) >= 11 is 0. The van der Waals surface area contributed by atoms with Gasteiger partial charge in [-0.15, -0.1) is 0 Å². The van der Waals surface area contributed by atoms with Gasteiger partial charge >= 0.3 is 11.9 Å². The maximum absolute atomic E-state index is 15.4. The Kier molecular flexibility index (Phi) is 38.1. The summed E-state index contributed by atoms with van der Waals surface area (Å²) in [5, 5.41) is 14.3. The highest BCUT2D eigenvalue weighted by molar-refractivity contribution is 6.00. The zero-order valence-electron chi connectivity index (χ0n) is 74.5. The molecule has 6 rings (SSSR count). The average molecular weight is 1670 g/mol. The number of ether oxygens (including phenoxy) is 4. The fraction of sp³-hybridized carbons (Fsp3) is 0.552. The maximum Gasteiger partial charge on any atom is 0.308 e. The summed E-state index contributed by atoms with van der Waals surface area (Å²) in [5.41, 5.74) is 15.0. The van der Waals surface area contributed by atoms with Crippen LogP contribution in [0.2, 0.25) is 0 Å². The maximum atomic E-state index is 15.4. The van der Waals surface area contributed by atoms with E-state index in [9.17, 15) is 38.4 Å². The minimum atomic E-state index is -1.57. The van der Waals surface area contributed by atoms with Gasteiger partial charge in [0.2, 0.25) is 35.4 Å². The van der Waals surface area contributed by atoms with E-state index in [2.05, 4.69) is 26.6 Å². The molecule has 660 valence electrons. The van der Waals surface area contributed by atoms with Crippen LogP contribution in [-0.4, -0.2) is 153 Å². The van der Waals surface area contributed by atoms with Crippen molar-refractivity contribution in [1.29, 1.82) is 0 Å². The molecule has 0 aromatic heterocycles. The van der Waals surface area contributed by atoms with Crippen molar-refractivity contribution >= 4 is 76.3 Å². The summed E-state index contributed by atoms with van der Waals surface area (Å²) in [6.45, 7) is 32.4. The summed E-state index contributed by atoms with van der Waals surface area (Å²) in [7, 11) is 0. The first-order valence-electron chi connectivity index (χ1n) is 42.7. The minimum Gasteiger partial charge on any atom is -0.488 e. The van der Waals surface area contributed by atoms with Crippen LogP contribution < -0.4 is 42.8 Å². The molecule has 1 aliphatic heterocycles. The molecular weight excluding hydrogens is 1540 g/mol. The van der Waals surface area contributed by atoms with Crippen molar-refractivity contribution < 1.29 is 81.3 Å². The molecule has 1 heterocycles. The number of Topliss-reactive ketones (excluding diaryl/α,β-unsaturated/α-hetero) is 5. The minimum absolute atomic E-state index is 0.0456. The number of rotatable bonds is 46. The Bertz CT molecular complexity index is 4330. The van der Waals surface area contributed by atoms with Gasteiger partial charge in [-0.05, 0) is 205 Å². The first-order chi connectivity index (χ1) is 56.7. The molecule has 6 amide bonds. The van der Waals surface area contributed by atoms with Crippen LogP contribution in [0.3, 0.4) is 0 Å². The van der Waals surface area contributed by atoms with Crippen LogP contribution in [0.5, 0.6) is 5.75 Å². The summed E-state index contributed by atoms with van der Waals surface area (Å²) in [4.78, 5) is 191. The molecule has 121 heavy (non-hydrogen) atoms. The first-order valence-corrected chi connectivity index (χ1v) is 42.7. The lowest BCUT2D eigenvalue weighted by Gasteiger charge is -2.31. The van der Waals surface area contributed by atoms with Crippen LogP contribution in [0.15, 0.2) is 127 Å². The Morgan fingerprint density at radius 1 is 0.479 bits per heavy atom. The topological polar surface area (TPSA) is 374 Å². The van der Waals surface area contributed by atoms with Crippen molar-refractivity contribution in [3.8, 4) is 16.9 Å². The SMILES string of the molecule is CC[C@H](CC(=O)[C@@H]1CCCN1C(=O)[C@@H](N)CC(C)C)C(=O)N[C@@H](CC(=O)OC(C)(C)C)C(=O)C[C@@H](Cc1ccc(OC(C)(C)C)cc1)C(=O)N[C@@H](Cc1ccc(C)cc1)C(=O)CCC(=O)N[C@H](C(=O)C[C@@H](CC)C(=O)N[C@@H](Cc1ccc(-c2ccccc2)cc1)C(=O)C[C@@H](CC(=O)OC(C)(C)C)C(=O)NCc1cccc(CN)c1)C(C)OC(C)(C)C. The summed E-state index contributed by atoms with van der Waals surface area (Å²) in [6.07, 6.45) is -3.56. The molecular formula is C96H134N8O17. The van der Waals surface area contributed by atoms with Gasteiger partial charge in [-0.1, -0.05) is 149 Å². The van der Waals surface area contributed by atoms with Crippen molar-refractivity contribution in [3.63, 3.8) is 0 Å². The van der Waals surface area contributed by atoms with Gasteiger partial charge in [0.1, 0.15) is 28.6 Å². The van der Waals surface area contributed by atoms with Crippen LogP contribution in [0.4, 0.5) is 0 Å². The van der Waals surface area contributed by atoms with Gasteiger partial charge < -0.3 is 61.9 Å². The molecule has 1 aliphatic rings. The quantitative estimate of drug-likeness (QED) is 0.0178. The van der Waals surface area contributed by atoms with Crippen LogP contribution in [0.25, 0.3) is 11.1 Å². The van der Waals surface area contributed by atoms with Gasteiger partial charge in [0.05, 0.1) is 60.7 Å². The van der Waals surface area contributed by atoms with Crippen molar-refractivity contribution in [2.24, 2.45) is 41.1 Å². The molecule has 0 aliphatic carbocycles. The van der Waals surface area contributed by atoms with Gasteiger partial charge in [-0.2, -0.15) is 0 Å². The average Bonchev–Trinajstić information content (AvgIpc) is 1.76. The van der Waals surface area contributed by atoms with Gasteiger partial charge in [-0.3, -0.25) is 62.3 Å². The van der Waals surface area contributed by atoms with E-state index in [1.165, 1.54) is 4.90 Å². The number of ketones is 5. The normalized spacial score (nSPS) is 15.6. The molecule has 25 nitrogen and oxygen atoms in total. The highest BCUT2D eigenvalue weighted by Gasteiger charge is 2.41. The number of amides is 6. The molecule has 11 atom stereocenters. The molecule has 5 aromatic rings. The Labute approximate surface area is 715 Å². The Hall–Kier alpha value is -10.1. The number of benzene rings is 5. The number of hydrogen-bond donors (Lipinski definition) is 7. The van der Waals surface area contributed by atoms with E-state index >= 15 is 24.0 Å². The van der Waals surface area contributed by atoms with E-state index in [4.69, 9.17) is 30.4 Å². The molecule has 0 saturated carbocycles. The lowest BCUT2D eigenvalue weighted by atomic mass is 9.89. The van der Waals surface area contributed by atoms with E-state index in [1.807, 2.05) is 126 Å². The smallest absolute Gasteiger partial charge is 0.308 e. The van der Waals surface area contributed by atoms with Crippen LogP contribution in [-0.2, 0) is 109 Å². The fourth-order valence-electron chi connectivity index (χ4n) is 14.7. The Morgan fingerprint density at radius 2 is 0.975 bits per heavy atom. The predicted octanol–water partition coefficient (Wildman–Crippen LogP) is 12.1. The number of nitrogens with one attached hydrogen (secondary N) is 5. The van der Waals surface area contributed by atoms with Gasteiger partial charge in [0.25, 0.3) is 0 Å². The van der Waals surface area contributed by atoms with Crippen molar-refractivity contribution in [1.82, 2.24) is 31.5 Å². The van der Waals surface area contributed by atoms with Gasteiger partial charge in [-0.25, -0.2) is 0 Å². The third-order valence-electron chi connectivity index (χ3n) is 20.8. The lowest BCUT2D eigenvalue weighted by molar-refractivity contribution is -0.158. The number of hydrogen-bond acceptors (Lipinski definition) is 19. The van der Waals surface area contributed by atoms with E-state index in [0.29, 0.717) is 48.2 Å². The molecule has 0 radical (unpaired) electrons. The standard InChI is InChI=1S/C96H134N8O17/c1-19-67(51-82(108)78-30-25-45-104(78)92(117)74(98)46-59(3)4)89(114)102-77(56-86(112)121-96(16,17)18)81(107)53-71(48-62-37-41-73(42-38-62)119-94(10,11)12)91(116)100-75(49-63-33-31-60(5)32-34-63)79(105)43-44-84(110)103-87(61(6)118-93(7,8)9)83(109)52-68(20-2)90(115)101-76(50-64-35-39-70(40-36-64)69-28-22-21-23-29-69)80(106)54-72(55-85(111)120-95(13,14)15)88(113)99-58-66-27-24-26-65(47-66)57-97/h21-24,26-29,31-42,47,59,61,67-68,71-72,74-78,87H,19-20,25,30,43-46,48-58,97-98H2,1-18H3,(H,99,113)(H,100,116)(H,101,115)(H,102,114)(H,103,110)/t61?,67-,68-,71-,72+,74+,75+,76+,77+,78+,87+/m1/s1. The molecule has 9 N–H and O–H groups in total. The van der Waals surface area contributed by atoms with Crippen LogP contribution in [0.1, 0.15) is 235 Å². The van der Waals surface area contributed by atoms with Crippen molar-refractivity contribution in [2.45, 2.75) is 305 Å². The number of carbonyl (C=O) groups is 13. The third-order valence-corrected chi connectivity index (χ3v) is 20.8. The van der Waals surface area contributed by atoms with Crippen molar-refractivity contribution in [3.05, 3.63) is 161 Å². The van der Waals surface area contributed by atoms with E-state index < -0.39 is 198 Å². The summed E-state index contributed by atoms with van der Waals surface area (Å²) in [6, 6.07) is 31.4. The van der Waals surface area contributed by atoms with E-state index in [0.717, 1.165) is 27.8 Å². The van der Waals surface area contributed by atoms with Crippen molar-refractivity contribution in [2.75, 3.05) is 6.54 Å². The fourth-order valence-corrected chi connectivity index (χ4v) is 14.7. The predicted molar refractivity (Wildman–Crippen MR) is 466 cm³/mol. The van der Waals surface area contributed by atoms with Gasteiger partial charge in [0, 0.05) is 75.9 Å². The lowest BCUT2D eigenvalue weighted by Crippen LogP contribution is -2.52. The monoisotopic (exact) mass is 1670 g/mol. The number of carbonyl (C=O) groups excluding carboxylic acids is 13. The second-order valence-corrected chi connectivity index (χ2v) is 36.7. The van der Waals surface area contributed by atoms with E-state index in [1.54, 1.807) is 126 Å². The van der Waals surface area contributed by atoms with Gasteiger partial charge in [0.15, 0.2) is 28.9 Å². The zero-order valence-corrected chi connectivity index (χ0v) is 74.5. The first kappa shape index (κ1) is 99.7. The Balaban J connectivity index is 1.27. The Morgan fingerprint density at radius 3 is 1.53 bits per heavy atom. The second kappa shape index (κ2) is 46.2. The highest BCUT2D eigenvalue weighted by atomic mass is 16.6. The van der Waals surface area contributed by atoms with E-state index in [-0.39, 0.29) is 69.2 Å². The molecule has 5 aromatic carbocycles. The largest absolute Gasteiger partial charge is 0.488 e. The summed E-state index contributed by atoms with van der Waals surface area (Å²) < 4.78 is 23.8. The molecule has 1 fully saturated rings. The number of esters is 2. The van der Waals surface area contributed by atoms with Crippen LogP contribution >= 0.6 is 0 Å². The number of nitrogens with zero attached hydrogens (tertiary/aromatic N) is 1. The second-order valence-electron chi connectivity index (χ2n) is 36.7. The number of nitrogens with two attached hydrogens (primary N) is 2. The molecule has 0 bridgehead atoms. The third kappa shape index (κ3) is 34.7. The molecule has 1 unspecified atom stereocenters. The molecule has 1 saturated heterocycles.